The minimum atomic E-state index is -3.46. The number of rotatable bonds is 6. The number of amides is 1. The van der Waals surface area contributed by atoms with Crippen molar-refractivity contribution in [1.29, 1.82) is 0 Å². The molecule has 0 aromatic heterocycles. The molecular weight excluding hydrogens is 298 g/mol. The van der Waals surface area contributed by atoms with Gasteiger partial charge in [0.2, 0.25) is 5.91 Å². The number of carbonyl (C=O) groups is 1. The van der Waals surface area contributed by atoms with E-state index in [1.807, 2.05) is 42.5 Å². The molecule has 1 aliphatic carbocycles. The van der Waals surface area contributed by atoms with E-state index in [9.17, 15) is 13.2 Å². The Kier molecular flexibility index (Phi) is 4.16. The molecule has 0 atom stereocenters. The van der Waals surface area contributed by atoms with Crippen molar-refractivity contribution in [1.82, 2.24) is 5.32 Å². The lowest BCUT2D eigenvalue weighted by Crippen LogP contribution is -2.32. The maximum Gasteiger partial charge on any atom is 0.235 e. The smallest absolute Gasteiger partial charge is 0.235 e. The summed E-state index contributed by atoms with van der Waals surface area (Å²) in [7, 11) is -3.46. The number of hydrogen-bond donors (Lipinski definition) is 1. The lowest BCUT2D eigenvalue weighted by atomic mass is 10.1. The van der Waals surface area contributed by atoms with Crippen molar-refractivity contribution in [3.63, 3.8) is 0 Å². The van der Waals surface area contributed by atoms with Crippen molar-refractivity contribution in [2.45, 2.75) is 18.6 Å². The molecule has 0 saturated heterocycles. The molecule has 1 amide bonds. The van der Waals surface area contributed by atoms with E-state index in [1.54, 1.807) is 0 Å². The van der Waals surface area contributed by atoms with Gasteiger partial charge in [0.1, 0.15) is 5.75 Å². The Labute approximate surface area is 130 Å². The molecule has 2 aromatic carbocycles. The largest absolute Gasteiger partial charge is 0.355 e. The molecule has 2 aromatic rings. The normalized spacial score (nSPS) is 14.9. The van der Waals surface area contributed by atoms with Crippen LogP contribution >= 0.6 is 0 Å². The summed E-state index contributed by atoms with van der Waals surface area (Å²) >= 11 is 0. The third-order valence-corrected chi connectivity index (χ3v) is 5.34. The fourth-order valence-electron chi connectivity index (χ4n) is 2.54. The van der Waals surface area contributed by atoms with E-state index in [2.05, 4.69) is 5.32 Å². The summed E-state index contributed by atoms with van der Waals surface area (Å²) in [5, 5.41) is 4.64. The fourth-order valence-corrected chi connectivity index (χ4v) is 3.87. The first kappa shape index (κ1) is 15.0. The zero-order valence-electron chi connectivity index (χ0n) is 12.3. The van der Waals surface area contributed by atoms with Gasteiger partial charge in [0, 0.05) is 6.54 Å². The molecular formula is C17H19NO3S. The van der Waals surface area contributed by atoms with Crippen LogP contribution < -0.4 is 5.32 Å². The molecule has 3 rings (SSSR count). The van der Waals surface area contributed by atoms with Gasteiger partial charge in [-0.3, -0.25) is 4.79 Å². The van der Waals surface area contributed by atoms with E-state index in [0.29, 0.717) is 12.5 Å². The Bertz CT molecular complexity index is 789. The Balaban J connectivity index is 1.70. The number of hydrogen-bond acceptors (Lipinski definition) is 3. The number of carbonyl (C=O) groups excluding carboxylic acids is 1. The van der Waals surface area contributed by atoms with Gasteiger partial charge in [-0.15, -0.1) is 0 Å². The topological polar surface area (TPSA) is 63.2 Å². The van der Waals surface area contributed by atoms with Crippen LogP contribution in [0.15, 0.2) is 42.5 Å². The van der Waals surface area contributed by atoms with Gasteiger partial charge in [-0.2, -0.15) is 0 Å². The third-order valence-electron chi connectivity index (χ3n) is 3.89. The molecule has 0 bridgehead atoms. The van der Waals surface area contributed by atoms with Gasteiger partial charge in [0.25, 0.3) is 0 Å². The monoisotopic (exact) mass is 317 g/mol. The molecule has 0 aliphatic heterocycles. The molecule has 1 aliphatic rings. The summed E-state index contributed by atoms with van der Waals surface area (Å²) in [5.74, 6) is -0.398. The van der Waals surface area contributed by atoms with Gasteiger partial charge in [-0.25, -0.2) is 8.42 Å². The van der Waals surface area contributed by atoms with E-state index in [4.69, 9.17) is 0 Å². The molecule has 116 valence electrons. The second-order valence-corrected chi connectivity index (χ2v) is 7.98. The SMILES string of the molecule is O=C(CS(=O)(=O)Cc1cccc2ccccc12)NCC1CC1. The molecule has 5 heteroatoms. The molecule has 4 nitrogen and oxygen atoms in total. The van der Waals surface area contributed by atoms with E-state index in [1.165, 1.54) is 0 Å². The Morgan fingerprint density at radius 1 is 1.09 bits per heavy atom. The van der Waals surface area contributed by atoms with Crippen molar-refractivity contribution in [2.75, 3.05) is 12.3 Å². The van der Waals surface area contributed by atoms with Crippen molar-refractivity contribution in [3.8, 4) is 0 Å². The Hall–Kier alpha value is -1.88. The van der Waals surface area contributed by atoms with E-state index in [-0.39, 0.29) is 5.75 Å². The molecule has 1 saturated carbocycles. The highest BCUT2D eigenvalue weighted by Crippen LogP contribution is 2.27. The minimum absolute atomic E-state index is 0.106. The fraction of sp³-hybridized carbons (Fsp3) is 0.353. The average molecular weight is 317 g/mol. The standard InChI is InChI=1S/C17H19NO3S/c19-17(18-10-13-8-9-13)12-22(20,21)11-15-6-3-5-14-4-1-2-7-16(14)15/h1-7,13H,8-12H2,(H,18,19). The maximum atomic E-state index is 12.3. The number of fused-ring (bicyclic) bond motifs is 1. The van der Waals surface area contributed by atoms with Gasteiger partial charge >= 0.3 is 0 Å². The van der Waals surface area contributed by atoms with E-state index in [0.717, 1.165) is 29.2 Å². The van der Waals surface area contributed by atoms with Crippen molar-refractivity contribution in [2.24, 2.45) is 5.92 Å². The zero-order valence-corrected chi connectivity index (χ0v) is 13.1. The van der Waals surface area contributed by atoms with Crippen molar-refractivity contribution >= 4 is 26.5 Å². The highest BCUT2D eigenvalue weighted by molar-refractivity contribution is 7.91. The van der Waals surface area contributed by atoms with Crippen LogP contribution in [0.1, 0.15) is 18.4 Å². The maximum absolute atomic E-state index is 12.3. The van der Waals surface area contributed by atoms with Gasteiger partial charge in [0.05, 0.1) is 5.75 Å². The third kappa shape index (κ3) is 3.85. The van der Waals surface area contributed by atoms with E-state index >= 15 is 0 Å². The van der Waals surface area contributed by atoms with Gasteiger partial charge < -0.3 is 5.32 Å². The lowest BCUT2D eigenvalue weighted by molar-refractivity contribution is -0.118. The van der Waals surface area contributed by atoms with Crippen molar-refractivity contribution < 1.29 is 13.2 Å². The van der Waals surface area contributed by atoms with Crippen LogP contribution in [0.4, 0.5) is 0 Å². The van der Waals surface area contributed by atoms with Gasteiger partial charge in [-0.1, -0.05) is 42.5 Å². The second kappa shape index (κ2) is 6.08. The number of sulfone groups is 1. The van der Waals surface area contributed by atoms with Gasteiger partial charge in [-0.05, 0) is 35.1 Å². The molecule has 1 fully saturated rings. The van der Waals surface area contributed by atoms with Crippen LogP contribution in [0.2, 0.25) is 0 Å². The molecule has 0 unspecified atom stereocenters. The van der Waals surface area contributed by atoms with Crippen LogP contribution in [-0.2, 0) is 20.4 Å². The quantitative estimate of drug-likeness (QED) is 0.889. The Morgan fingerprint density at radius 3 is 2.59 bits per heavy atom. The van der Waals surface area contributed by atoms with Crippen LogP contribution in [0, 0.1) is 5.92 Å². The summed E-state index contributed by atoms with van der Waals surface area (Å²) in [6.07, 6.45) is 2.26. The molecule has 0 spiro atoms. The van der Waals surface area contributed by atoms with Gasteiger partial charge in [0.15, 0.2) is 9.84 Å². The lowest BCUT2D eigenvalue weighted by Gasteiger charge is -2.08. The number of nitrogens with one attached hydrogen (secondary N) is 1. The predicted octanol–water partition coefficient (Wildman–Crippen LogP) is 2.28. The Morgan fingerprint density at radius 2 is 1.82 bits per heavy atom. The minimum Gasteiger partial charge on any atom is -0.355 e. The molecule has 0 heterocycles. The summed E-state index contributed by atoms with van der Waals surface area (Å²) in [6.45, 7) is 0.600. The predicted molar refractivity (Wildman–Crippen MR) is 87.2 cm³/mol. The van der Waals surface area contributed by atoms with Crippen LogP contribution in [0.25, 0.3) is 10.8 Å². The molecule has 22 heavy (non-hydrogen) atoms. The summed E-state index contributed by atoms with van der Waals surface area (Å²) in [4.78, 5) is 11.8. The first-order chi connectivity index (χ1) is 10.5. The number of benzene rings is 2. The summed E-state index contributed by atoms with van der Waals surface area (Å²) < 4.78 is 24.5. The highest BCUT2D eigenvalue weighted by Gasteiger charge is 2.23. The van der Waals surface area contributed by atoms with Crippen molar-refractivity contribution in [3.05, 3.63) is 48.0 Å². The summed E-state index contributed by atoms with van der Waals surface area (Å²) in [5.41, 5.74) is 0.744. The highest BCUT2D eigenvalue weighted by atomic mass is 32.2. The first-order valence-electron chi connectivity index (χ1n) is 7.47. The van der Waals surface area contributed by atoms with Crippen LogP contribution in [-0.4, -0.2) is 26.6 Å². The summed E-state index contributed by atoms with van der Waals surface area (Å²) in [6, 6.07) is 13.3. The zero-order chi connectivity index (χ0) is 15.6. The molecule has 0 radical (unpaired) electrons. The van der Waals surface area contributed by atoms with Crippen LogP contribution in [0.3, 0.4) is 0 Å². The van der Waals surface area contributed by atoms with Crippen LogP contribution in [0.5, 0.6) is 0 Å². The second-order valence-electron chi connectivity index (χ2n) is 5.92. The first-order valence-corrected chi connectivity index (χ1v) is 9.29. The van der Waals surface area contributed by atoms with E-state index < -0.39 is 21.5 Å². The average Bonchev–Trinajstić information content (AvgIpc) is 3.29. The molecule has 1 N–H and O–H groups in total.